The molecule has 0 bridgehead atoms. The van der Waals surface area contributed by atoms with Crippen LogP contribution in [0.25, 0.3) is 0 Å². The van der Waals surface area contributed by atoms with Crippen LogP contribution in [-0.4, -0.2) is 238 Å². The van der Waals surface area contributed by atoms with E-state index >= 15 is 0 Å². The van der Waals surface area contributed by atoms with E-state index in [1.54, 1.807) is 0 Å². The van der Waals surface area contributed by atoms with Gasteiger partial charge in [0.1, 0.15) is 0 Å². The largest absolute Gasteiger partial charge is 0.377 e. The predicted molar refractivity (Wildman–Crippen MR) is 195 cm³/mol. The summed E-state index contributed by atoms with van der Waals surface area (Å²) in [4.78, 5) is 0. The highest BCUT2D eigenvalue weighted by atomic mass is 16.6. The zero-order valence-electron chi connectivity index (χ0n) is 32.8. The van der Waals surface area contributed by atoms with Crippen molar-refractivity contribution < 1.29 is 85.3 Å². The number of ether oxygens (including phenoxy) is 18. The smallest absolute Gasteiger partial charge is 0.0701 e. The standard InChI is InChI=1S/C36H72O18/c1-2-38-5-6-40-9-10-42-13-14-44-17-18-46-21-22-48-25-26-50-29-30-52-33-34-54-36-35-53-32-31-51-28-27-49-24-23-47-20-19-45-16-15-43-12-11-41-8-7-39-4-3-37-1/h1-36H2. The van der Waals surface area contributed by atoms with Gasteiger partial charge in [-0.3, -0.25) is 0 Å². The van der Waals surface area contributed by atoms with Crippen molar-refractivity contribution >= 4 is 0 Å². The molecule has 0 spiro atoms. The van der Waals surface area contributed by atoms with Gasteiger partial charge < -0.3 is 85.3 Å². The summed E-state index contributed by atoms with van der Waals surface area (Å²) >= 11 is 0. The lowest BCUT2D eigenvalue weighted by Gasteiger charge is -2.09. The van der Waals surface area contributed by atoms with E-state index in [0.29, 0.717) is 238 Å². The molecule has 0 radical (unpaired) electrons. The van der Waals surface area contributed by atoms with Crippen LogP contribution in [0.4, 0.5) is 0 Å². The number of hydrogen-bond acceptors (Lipinski definition) is 18. The van der Waals surface area contributed by atoms with Gasteiger partial charge in [0.05, 0.1) is 238 Å². The van der Waals surface area contributed by atoms with E-state index in [1.165, 1.54) is 0 Å². The van der Waals surface area contributed by atoms with Gasteiger partial charge in [0.2, 0.25) is 0 Å². The lowest BCUT2D eigenvalue weighted by Crippen LogP contribution is -2.16. The summed E-state index contributed by atoms with van der Waals surface area (Å²) in [5, 5.41) is 0. The maximum atomic E-state index is 5.50. The zero-order chi connectivity index (χ0) is 38.2. The Balaban J connectivity index is 2.00. The Hall–Kier alpha value is -0.720. The molecule has 0 aromatic rings. The van der Waals surface area contributed by atoms with Crippen LogP contribution in [-0.2, 0) is 85.3 Å². The fraction of sp³-hybridized carbons (Fsp3) is 1.00. The average Bonchev–Trinajstić information content (AvgIpc) is 3.18. The minimum Gasteiger partial charge on any atom is -0.377 e. The van der Waals surface area contributed by atoms with Crippen LogP contribution in [0.1, 0.15) is 0 Å². The zero-order valence-corrected chi connectivity index (χ0v) is 32.8. The first kappa shape index (κ1) is 51.3. The van der Waals surface area contributed by atoms with Crippen LogP contribution in [0.2, 0.25) is 0 Å². The van der Waals surface area contributed by atoms with E-state index in [-0.39, 0.29) is 0 Å². The Morgan fingerprint density at radius 1 is 0.0741 bits per heavy atom. The maximum absolute atomic E-state index is 5.50. The Labute approximate surface area is 323 Å². The third kappa shape index (κ3) is 45.7. The molecule has 18 nitrogen and oxygen atoms in total. The van der Waals surface area contributed by atoms with Gasteiger partial charge in [-0.2, -0.15) is 0 Å². The number of rotatable bonds is 0. The second-order valence-corrected chi connectivity index (χ2v) is 11.0. The number of hydrogen-bond donors (Lipinski definition) is 0. The molecule has 0 aromatic heterocycles. The lowest BCUT2D eigenvalue weighted by molar-refractivity contribution is -0.0334. The molecule has 1 rings (SSSR count). The molecule has 1 heterocycles. The topological polar surface area (TPSA) is 166 Å². The summed E-state index contributed by atoms with van der Waals surface area (Å²) in [5.74, 6) is 0. The first-order valence-corrected chi connectivity index (χ1v) is 19.4. The molecule has 0 amide bonds. The van der Waals surface area contributed by atoms with Crippen LogP contribution in [0.5, 0.6) is 0 Å². The van der Waals surface area contributed by atoms with Gasteiger partial charge in [-0.25, -0.2) is 0 Å². The van der Waals surface area contributed by atoms with Gasteiger partial charge in [0, 0.05) is 0 Å². The molecule has 0 N–H and O–H groups in total. The fourth-order valence-corrected chi connectivity index (χ4v) is 3.96. The van der Waals surface area contributed by atoms with Gasteiger partial charge >= 0.3 is 0 Å². The van der Waals surface area contributed by atoms with E-state index in [9.17, 15) is 0 Å². The molecule has 1 saturated heterocycles. The van der Waals surface area contributed by atoms with Crippen molar-refractivity contribution in [2.75, 3.05) is 238 Å². The van der Waals surface area contributed by atoms with E-state index in [2.05, 4.69) is 0 Å². The maximum Gasteiger partial charge on any atom is 0.0701 e. The van der Waals surface area contributed by atoms with Gasteiger partial charge in [-0.1, -0.05) is 0 Å². The quantitative estimate of drug-likeness (QED) is 0.329. The van der Waals surface area contributed by atoms with E-state index < -0.39 is 0 Å². The lowest BCUT2D eigenvalue weighted by atomic mass is 10.6. The van der Waals surface area contributed by atoms with Crippen molar-refractivity contribution in [1.82, 2.24) is 0 Å². The summed E-state index contributed by atoms with van der Waals surface area (Å²) in [7, 11) is 0. The van der Waals surface area contributed by atoms with E-state index in [0.717, 1.165) is 0 Å². The molecule has 0 unspecified atom stereocenters. The first-order chi connectivity index (χ1) is 27.0. The highest BCUT2D eigenvalue weighted by Crippen LogP contribution is 1.89. The summed E-state index contributed by atoms with van der Waals surface area (Å²) in [6, 6.07) is 0. The Bertz CT molecular complexity index is 360. The molecular weight excluding hydrogens is 720 g/mol. The minimum absolute atomic E-state index is 0.501. The summed E-state index contributed by atoms with van der Waals surface area (Å²) in [6.07, 6.45) is 0. The Kier molecular flexibility index (Phi) is 46.0. The third-order valence-electron chi connectivity index (χ3n) is 6.70. The minimum atomic E-state index is 0.501. The van der Waals surface area contributed by atoms with Crippen LogP contribution in [0.3, 0.4) is 0 Å². The fourth-order valence-electron chi connectivity index (χ4n) is 3.96. The molecule has 54 heavy (non-hydrogen) atoms. The van der Waals surface area contributed by atoms with Crippen LogP contribution in [0, 0.1) is 0 Å². The molecular formula is C36H72O18. The van der Waals surface area contributed by atoms with Gasteiger partial charge in [-0.05, 0) is 0 Å². The summed E-state index contributed by atoms with van der Waals surface area (Å²) < 4.78 is 99.0. The normalized spacial score (nSPS) is 24.0. The van der Waals surface area contributed by atoms with Gasteiger partial charge in [0.15, 0.2) is 0 Å². The van der Waals surface area contributed by atoms with Gasteiger partial charge in [0.25, 0.3) is 0 Å². The first-order valence-electron chi connectivity index (χ1n) is 19.4. The molecule has 1 aliphatic rings. The van der Waals surface area contributed by atoms with E-state index in [4.69, 9.17) is 85.3 Å². The monoisotopic (exact) mass is 792 g/mol. The Morgan fingerprint density at radius 3 is 0.148 bits per heavy atom. The highest BCUT2D eigenvalue weighted by Gasteiger charge is 1.99. The van der Waals surface area contributed by atoms with Crippen molar-refractivity contribution in [3.8, 4) is 0 Å². The second kappa shape index (κ2) is 48.4. The molecule has 0 saturated carbocycles. The van der Waals surface area contributed by atoms with Crippen molar-refractivity contribution in [2.45, 2.75) is 0 Å². The molecule has 0 aliphatic carbocycles. The molecule has 324 valence electrons. The Morgan fingerprint density at radius 2 is 0.111 bits per heavy atom. The van der Waals surface area contributed by atoms with Crippen LogP contribution >= 0.6 is 0 Å². The third-order valence-corrected chi connectivity index (χ3v) is 6.70. The molecule has 0 aromatic carbocycles. The SMILES string of the molecule is C1COCCOCCOCCOCCOCCOCCOCCOCCOCCOCCOCCOCCOCCOCCOCCOCCOCCO1. The van der Waals surface area contributed by atoms with Crippen molar-refractivity contribution in [2.24, 2.45) is 0 Å². The molecule has 0 atom stereocenters. The highest BCUT2D eigenvalue weighted by molar-refractivity contribution is 4.41. The van der Waals surface area contributed by atoms with Crippen molar-refractivity contribution in [3.05, 3.63) is 0 Å². The second-order valence-electron chi connectivity index (χ2n) is 11.0. The summed E-state index contributed by atoms with van der Waals surface area (Å²) in [6.45, 7) is 18.0. The van der Waals surface area contributed by atoms with Gasteiger partial charge in [-0.15, -0.1) is 0 Å². The summed E-state index contributed by atoms with van der Waals surface area (Å²) in [5.41, 5.74) is 0. The van der Waals surface area contributed by atoms with Crippen LogP contribution in [0.15, 0.2) is 0 Å². The van der Waals surface area contributed by atoms with Crippen molar-refractivity contribution in [1.29, 1.82) is 0 Å². The molecule has 18 heteroatoms. The predicted octanol–water partition coefficient (Wildman–Crippen LogP) is 0.299. The molecule has 1 fully saturated rings. The molecule has 1 aliphatic heterocycles. The van der Waals surface area contributed by atoms with Crippen molar-refractivity contribution in [3.63, 3.8) is 0 Å². The van der Waals surface area contributed by atoms with Crippen LogP contribution < -0.4 is 0 Å². The average molecular weight is 793 g/mol. The van der Waals surface area contributed by atoms with E-state index in [1.807, 2.05) is 0 Å².